The van der Waals surface area contributed by atoms with Crippen LogP contribution in [0.3, 0.4) is 0 Å². The molecule has 1 rings (SSSR count). The highest BCUT2D eigenvalue weighted by atomic mass is 32.1. The van der Waals surface area contributed by atoms with E-state index in [0.717, 1.165) is 0 Å². The van der Waals surface area contributed by atoms with Crippen molar-refractivity contribution in [1.29, 1.82) is 0 Å². The first-order valence-corrected chi connectivity index (χ1v) is 3.93. The van der Waals surface area contributed by atoms with Gasteiger partial charge in [-0.05, 0) is 0 Å². The number of carbonyl (C=O) groups excluding carboxylic acids is 1. The Kier molecular flexibility index (Phi) is 2.56. The molecule has 0 aliphatic carbocycles. The van der Waals surface area contributed by atoms with Crippen LogP contribution in [0.1, 0.15) is 12.6 Å². The van der Waals surface area contributed by atoms with E-state index in [1.165, 1.54) is 18.3 Å². The third-order valence-electron chi connectivity index (χ3n) is 0.997. The van der Waals surface area contributed by atoms with Crippen LogP contribution < -0.4 is 5.32 Å². The van der Waals surface area contributed by atoms with Gasteiger partial charge >= 0.3 is 0 Å². The first-order chi connectivity index (χ1) is 5.22. The van der Waals surface area contributed by atoms with E-state index >= 15 is 0 Å². The highest BCUT2D eigenvalue weighted by Gasteiger charge is 2.00. The summed E-state index contributed by atoms with van der Waals surface area (Å²) in [6.07, 6.45) is 0. The normalized spacial score (nSPS) is 9.64. The van der Waals surface area contributed by atoms with E-state index in [1.54, 1.807) is 5.38 Å². The van der Waals surface area contributed by atoms with Crippen LogP contribution in [-0.2, 0) is 11.4 Å². The molecule has 0 unspecified atom stereocenters. The summed E-state index contributed by atoms with van der Waals surface area (Å²) in [5, 5.41) is 13.4. The highest BCUT2D eigenvalue weighted by molar-refractivity contribution is 7.13. The zero-order valence-electron chi connectivity index (χ0n) is 6.00. The van der Waals surface area contributed by atoms with Gasteiger partial charge in [-0.15, -0.1) is 11.3 Å². The molecule has 0 atom stereocenters. The molecule has 0 aliphatic rings. The van der Waals surface area contributed by atoms with Crippen LogP contribution in [0.2, 0.25) is 0 Å². The van der Waals surface area contributed by atoms with Gasteiger partial charge in [-0.1, -0.05) is 0 Å². The minimum Gasteiger partial charge on any atom is -0.390 e. The van der Waals surface area contributed by atoms with Gasteiger partial charge in [0.05, 0.1) is 12.3 Å². The molecule has 0 spiro atoms. The summed E-state index contributed by atoms with van der Waals surface area (Å²) >= 11 is 1.30. The second-order valence-corrected chi connectivity index (χ2v) is 2.84. The Balaban J connectivity index is 2.65. The van der Waals surface area contributed by atoms with Crippen molar-refractivity contribution in [2.24, 2.45) is 0 Å². The average molecular weight is 172 g/mol. The van der Waals surface area contributed by atoms with Gasteiger partial charge in [0.1, 0.15) is 0 Å². The van der Waals surface area contributed by atoms with E-state index in [2.05, 4.69) is 10.3 Å². The zero-order valence-corrected chi connectivity index (χ0v) is 6.81. The molecule has 11 heavy (non-hydrogen) atoms. The summed E-state index contributed by atoms with van der Waals surface area (Å²) in [7, 11) is 0. The van der Waals surface area contributed by atoms with Crippen molar-refractivity contribution in [3.63, 3.8) is 0 Å². The average Bonchev–Trinajstić information content (AvgIpc) is 2.34. The van der Waals surface area contributed by atoms with E-state index in [0.29, 0.717) is 10.8 Å². The lowest BCUT2D eigenvalue weighted by atomic mass is 10.5. The minimum absolute atomic E-state index is 0.0872. The van der Waals surface area contributed by atoms with Crippen molar-refractivity contribution < 1.29 is 9.90 Å². The van der Waals surface area contributed by atoms with Gasteiger partial charge in [0.15, 0.2) is 5.13 Å². The standard InChI is InChI=1S/C6H8N2O2S/c1-4(10)7-6-8-5(2-9)3-11-6/h3,9H,2H2,1H3,(H,7,8,10). The molecule has 2 N–H and O–H groups in total. The Morgan fingerprint density at radius 2 is 2.64 bits per heavy atom. The third kappa shape index (κ3) is 2.28. The Bertz CT molecular complexity index is 259. The molecule has 1 amide bonds. The van der Waals surface area contributed by atoms with Gasteiger partial charge in [-0.25, -0.2) is 4.98 Å². The molecule has 0 saturated carbocycles. The Hall–Kier alpha value is -0.940. The second kappa shape index (κ2) is 3.45. The number of nitrogens with one attached hydrogen (secondary N) is 1. The number of aliphatic hydroxyl groups is 1. The fourth-order valence-electron chi connectivity index (χ4n) is 0.588. The Morgan fingerprint density at radius 1 is 1.91 bits per heavy atom. The molecule has 0 bridgehead atoms. The molecule has 5 heteroatoms. The summed E-state index contributed by atoms with van der Waals surface area (Å²) in [4.78, 5) is 14.4. The maximum absolute atomic E-state index is 10.5. The van der Waals surface area contributed by atoms with Gasteiger partial charge in [0, 0.05) is 12.3 Å². The molecule has 1 heterocycles. The topological polar surface area (TPSA) is 62.2 Å². The smallest absolute Gasteiger partial charge is 0.223 e. The van der Waals surface area contributed by atoms with Gasteiger partial charge in [0.25, 0.3) is 0 Å². The largest absolute Gasteiger partial charge is 0.390 e. The van der Waals surface area contributed by atoms with Crippen LogP contribution >= 0.6 is 11.3 Å². The molecule has 1 aromatic rings. The maximum atomic E-state index is 10.5. The molecule has 60 valence electrons. The zero-order chi connectivity index (χ0) is 8.27. The molecular formula is C6H8N2O2S. The van der Waals surface area contributed by atoms with Crippen LogP contribution in [-0.4, -0.2) is 16.0 Å². The summed E-state index contributed by atoms with van der Waals surface area (Å²) in [5.41, 5.74) is 0.582. The number of nitrogens with zero attached hydrogens (tertiary/aromatic N) is 1. The monoisotopic (exact) mass is 172 g/mol. The fraction of sp³-hybridized carbons (Fsp3) is 0.333. The van der Waals surface area contributed by atoms with Crippen molar-refractivity contribution in [2.75, 3.05) is 5.32 Å². The van der Waals surface area contributed by atoms with Gasteiger partial charge < -0.3 is 10.4 Å². The number of aliphatic hydroxyl groups excluding tert-OH is 1. The highest BCUT2D eigenvalue weighted by Crippen LogP contribution is 2.14. The van der Waals surface area contributed by atoms with E-state index in [4.69, 9.17) is 5.11 Å². The number of anilines is 1. The number of aromatic nitrogens is 1. The predicted molar refractivity (Wildman–Crippen MR) is 42.3 cm³/mol. The van der Waals surface area contributed by atoms with E-state index < -0.39 is 0 Å². The number of amides is 1. The molecule has 0 radical (unpaired) electrons. The summed E-state index contributed by atoms with van der Waals surface area (Å²) in [6, 6.07) is 0. The van der Waals surface area contributed by atoms with Gasteiger partial charge in [0.2, 0.25) is 5.91 Å². The quantitative estimate of drug-likeness (QED) is 0.686. The van der Waals surface area contributed by atoms with Crippen LogP contribution in [0.25, 0.3) is 0 Å². The van der Waals surface area contributed by atoms with E-state index in [9.17, 15) is 4.79 Å². The predicted octanol–water partition coefficient (Wildman–Crippen LogP) is 0.594. The van der Waals surface area contributed by atoms with Crippen LogP contribution in [0.4, 0.5) is 5.13 Å². The Labute approximate surface area is 67.9 Å². The number of thiazole rings is 1. The lowest BCUT2D eigenvalue weighted by Gasteiger charge is -1.92. The van der Waals surface area contributed by atoms with Gasteiger partial charge in [-0.2, -0.15) is 0 Å². The molecule has 0 aliphatic heterocycles. The number of hydrogen-bond acceptors (Lipinski definition) is 4. The third-order valence-corrected chi connectivity index (χ3v) is 1.80. The van der Waals surface area contributed by atoms with Crippen LogP contribution in [0.15, 0.2) is 5.38 Å². The summed E-state index contributed by atoms with van der Waals surface area (Å²) in [5.74, 6) is -0.149. The summed E-state index contributed by atoms with van der Waals surface area (Å²) < 4.78 is 0. The minimum atomic E-state index is -0.149. The van der Waals surface area contributed by atoms with Crippen LogP contribution in [0.5, 0.6) is 0 Å². The first kappa shape index (κ1) is 8.16. The fourth-order valence-corrected chi connectivity index (χ4v) is 1.34. The van der Waals surface area contributed by atoms with Crippen molar-refractivity contribution in [1.82, 2.24) is 4.98 Å². The second-order valence-electron chi connectivity index (χ2n) is 1.98. The Morgan fingerprint density at radius 3 is 3.09 bits per heavy atom. The van der Waals surface area contributed by atoms with Gasteiger partial charge in [-0.3, -0.25) is 4.79 Å². The molecule has 4 nitrogen and oxygen atoms in total. The molecule has 0 aromatic carbocycles. The van der Waals surface area contributed by atoms with Crippen molar-refractivity contribution >= 4 is 22.4 Å². The molecule has 1 aromatic heterocycles. The summed E-state index contributed by atoms with van der Waals surface area (Å²) in [6.45, 7) is 1.33. The van der Waals surface area contributed by atoms with Crippen LogP contribution in [0, 0.1) is 0 Å². The molecule has 0 fully saturated rings. The lowest BCUT2D eigenvalue weighted by Crippen LogP contribution is -2.05. The van der Waals surface area contributed by atoms with E-state index in [1.807, 2.05) is 0 Å². The van der Waals surface area contributed by atoms with Crippen molar-refractivity contribution in [2.45, 2.75) is 13.5 Å². The van der Waals surface area contributed by atoms with Crippen molar-refractivity contribution in [3.8, 4) is 0 Å². The first-order valence-electron chi connectivity index (χ1n) is 3.05. The maximum Gasteiger partial charge on any atom is 0.223 e. The lowest BCUT2D eigenvalue weighted by molar-refractivity contribution is -0.114. The SMILES string of the molecule is CC(=O)Nc1nc(CO)cs1. The number of rotatable bonds is 2. The van der Waals surface area contributed by atoms with E-state index in [-0.39, 0.29) is 12.5 Å². The molecule has 0 saturated heterocycles. The number of carbonyl (C=O) groups is 1. The molecular weight excluding hydrogens is 164 g/mol. The number of hydrogen-bond donors (Lipinski definition) is 2. The van der Waals surface area contributed by atoms with Crippen molar-refractivity contribution in [3.05, 3.63) is 11.1 Å².